The van der Waals surface area contributed by atoms with E-state index >= 15 is 0 Å². The first-order chi connectivity index (χ1) is 17.3. The van der Waals surface area contributed by atoms with Crippen LogP contribution in [0.25, 0.3) is 0 Å². The fourth-order valence-corrected chi connectivity index (χ4v) is 4.33. The molecule has 0 saturated carbocycles. The van der Waals surface area contributed by atoms with E-state index in [9.17, 15) is 19.5 Å². The standard InChI is InChI=1S/C29H53NO7/c1-11-19(2)29(34)37-26(13-12-20(3)27(35-10)16-22(5)23(6)17-31)24(7)28(36-25(8)33)21(4)14-15-30(9)18-32/h14-15,18-24,26-28,31H,11-13,16-17H2,1-10H3/b15-14-/t19?,20-,21+,22-,23+,24-,26+,27-,28+/m0/s1. The van der Waals surface area contributed by atoms with Crippen molar-refractivity contribution in [3.8, 4) is 0 Å². The van der Waals surface area contributed by atoms with Gasteiger partial charge in [0, 0.05) is 45.7 Å². The molecule has 0 aliphatic carbocycles. The van der Waals surface area contributed by atoms with Gasteiger partial charge in [-0.3, -0.25) is 14.4 Å². The Kier molecular flexibility index (Phi) is 17.4. The molecular formula is C29H53NO7. The molecule has 0 radical (unpaired) electrons. The first kappa shape index (κ1) is 35.1. The molecule has 9 atom stereocenters. The first-order valence-electron chi connectivity index (χ1n) is 13.7. The van der Waals surface area contributed by atoms with Gasteiger partial charge in [-0.15, -0.1) is 0 Å². The number of esters is 2. The van der Waals surface area contributed by atoms with E-state index in [2.05, 4.69) is 13.8 Å². The average molecular weight is 528 g/mol. The number of aliphatic hydroxyl groups excluding tert-OH is 1. The third-order valence-corrected chi connectivity index (χ3v) is 7.71. The van der Waals surface area contributed by atoms with E-state index in [0.29, 0.717) is 25.2 Å². The summed E-state index contributed by atoms with van der Waals surface area (Å²) in [6.07, 6.45) is 6.02. The molecule has 1 unspecified atom stereocenters. The predicted molar refractivity (Wildman–Crippen MR) is 145 cm³/mol. The molecule has 0 heterocycles. The van der Waals surface area contributed by atoms with Gasteiger partial charge in [-0.2, -0.15) is 0 Å². The summed E-state index contributed by atoms with van der Waals surface area (Å²) in [5, 5.41) is 9.51. The minimum absolute atomic E-state index is 0.00947. The third-order valence-electron chi connectivity index (χ3n) is 7.71. The minimum atomic E-state index is -0.539. The van der Waals surface area contributed by atoms with Crippen molar-refractivity contribution < 1.29 is 33.7 Å². The van der Waals surface area contributed by atoms with Crippen LogP contribution in [0.5, 0.6) is 0 Å². The lowest BCUT2D eigenvalue weighted by Gasteiger charge is -2.34. The second kappa shape index (κ2) is 18.3. The Balaban J connectivity index is 5.80. The fraction of sp³-hybridized carbons (Fsp3) is 0.828. The summed E-state index contributed by atoms with van der Waals surface area (Å²) in [6.45, 7) is 15.5. The van der Waals surface area contributed by atoms with Gasteiger partial charge in [0.1, 0.15) is 12.2 Å². The lowest BCUT2D eigenvalue weighted by Crippen LogP contribution is -2.40. The number of nitrogens with zero attached hydrogens (tertiary/aromatic N) is 1. The fourth-order valence-electron chi connectivity index (χ4n) is 4.33. The SMILES string of the molecule is CCC(C)C(=O)O[C@H](CC[C@H](C)[C@H](C[C@H](C)[C@H](C)CO)OC)[C@H](C)[C@H](OC(C)=O)[C@H](C)/C=C\N(C)C=O. The van der Waals surface area contributed by atoms with Gasteiger partial charge in [0.25, 0.3) is 0 Å². The minimum Gasteiger partial charge on any atom is -0.462 e. The summed E-state index contributed by atoms with van der Waals surface area (Å²) in [5.74, 6) is -0.701. The average Bonchev–Trinajstić information content (AvgIpc) is 2.88. The molecule has 0 saturated heterocycles. The zero-order valence-corrected chi connectivity index (χ0v) is 24.8. The highest BCUT2D eigenvalue weighted by Crippen LogP contribution is 2.30. The molecule has 0 spiro atoms. The van der Waals surface area contributed by atoms with Gasteiger partial charge >= 0.3 is 11.9 Å². The van der Waals surface area contributed by atoms with Crippen molar-refractivity contribution in [2.75, 3.05) is 20.8 Å². The van der Waals surface area contributed by atoms with Gasteiger partial charge < -0.3 is 24.2 Å². The van der Waals surface area contributed by atoms with Gasteiger partial charge in [-0.25, -0.2) is 0 Å². The maximum Gasteiger partial charge on any atom is 0.308 e. The van der Waals surface area contributed by atoms with Crippen LogP contribution in [0.1, 0.15) is 81.1 Å². The van der Waals surface area contributed by atoms with Crippen LogP contribution in [0.2, 0.25) is 0 Å². The Morgan fingerprint density at radius 2 is 1.57 bits per heavy atom. The molecule has 37 heavy (non-hydrogen) atoms. The highest BCUT2D eigenvalue weighted by Gasteiger charge is 2.35. The Hall–Kier alpha value is -1.93. The highest BCUT2D eigenvalue weighted by molar-refractivity contribution is 5.72. The molecule has 1 N–H and O–H groups in total. The van der Waals surface area contributed by atoms with E-state index < -0.39 is 18.2 Å². The van der Waals surface area contributed by atoms with Gasteiger partial charge in [-0.1, -0.05) is 54.5 Å². The second-order valence-electron chi connectivity index (χ2n) is 10.9. The Bertz CT molecular complexity index is 698. The lowest BCUT2D eigenvalue weighted by molar-refractivity contribution is -0.165. The molecule has 0 aromatic carbocycles. The number of carbonyl (C=O) groups is 3. The Morgan fingerprint density at radius 1 is 0.946 bits per heavy atom. The van der Waals surface area contributed by atoms with Crippen molar-refractivity contribution in [3.05, 3.63) is 12.3 Å². The number of rotatable bonds is 19. The molecule has 8 nitrogen and oxygen atoms in total. The van der Waals surface area contributed by atoms with Crippen LogP contribution in [-0.4, -0.2) is 67.4 Å². The van der Waals surface area contributed by atoms with Gasteiger partial charge in [0.05, 0.1) is 12.0 Å². The predicted octanol–water partition coefficient (Wildman–Crippen LogP) is 4.84. The number of amides is 1. The van der Waals surface area contributed by atoms with Gasteiger partial charge in [0.2, 0.25) is 6.41 Å². The number of hydrogen-bond acceptors (Lipinski definition) is 7. The maximum absolute atomic E-state index is 12.8. The van der Waals surface area contributed by atoms with Crippen LogP contribution in [0.4, 0.5) is 0 Å². The van der Waals surface area contributed by atoms with Crippen LogP contribution in [0.15, 0.2) is 12.3 Å². The molecular weight excluding hydrogens is 474 g/mol. The van der Waals surface area contributed by atoms with E-state index in [4.69, 9.17) is 14.2 Å². The normalized spacial score (nSPS) is 19.1. The highest BCUT2D eigenvalue weighted by atomic mass is 16.6. The summed E-state index contributed by atoms with van der Waals surface area (Å²) < 4.78 is 17.6. The van der Waals surface area contributed by atoms with Crippen molar-refractivity contribution in [3.63, 3.8) is 0 Å². The topological polar surface area (TPSA) is 102 Å². The van der Waals surface area contributed by atoms with E-state index in [-0.39, 0.29) is 48.3 Å². The Labute approximate surface area is 225 Å². The van der Waals surface area contributed by atoms with Gasteiger partial charge in [0.15, 0.2) is 0 Å². The molecule has 0 aromatic rings. The smallest absolute Gasteiger partial charge is 0.308 e. The molecule has 0 aliphatic rings. The first-order valence-corrected chi connectivity index (χ1v) is 13.7. The third kappa shape index (κ3) is 12.9. The zero-order chi connectivity index (χ0) is 28.7. The summed E-state index contributed by atoms with van der Waals surface area (Å²) in [7, 11) is 3.34. The van der Waals surface area contributed by atoms with Crippen LogP contribution in [-0.2, 0) is 28.6 Å². The molecule has 8 heteroatoms. The van der Waals surface area contributed by atoms with Gasteiger partial charge in [-0.05, 0) is 43.4 Å². The van der Waals surface area contributed by atoms with Crippen molar-refractivity contribution >= 4 is 18.3 Å². The molecule has 0 rings (SSSR count). The summed E-state index contributed by atoms with van der Waals surface area (Å²) in [6, 6.07) is 0. The molecule has 216 valence electrons. The molecule has 0 aromatic heterocycles. The van der Waals surface area contributed by atoms with Crippen LogP contribution >= 0.6 is 0 Å². The van der Waals surface area contributed by atoms with E-state index in [1.165, 1.54) is 11.8 Å². The quantitative estimate of drug-likeness (QED) is 0.189. The number of hydrogen-bond donors (Lipinski definition) is 1. The van der Waals surface area contributed by atoms with Crippen LogP contribution < -0.4 is 0 Å². The lowest BCUT2D eigenvalue weighted by atomic mass is 9.83. The number of carbonyl (C=O) groups excluding carboxylic acids is 3. The Morgan fingerprint density at radius 3 is 2.05 bits per heavy atom. The second-order valence-corrected chi connectivity index (χ2v) is 10.9. The molecule has 1 amide bonds. The monoisotopic (exact) mass is 527 g/mol. The zero-order valence-electron chi connectivity index (χ0n) is 24.8. The van der Waals surface area contributed by atoms with Crippen molar-refractivity contribution in [1.29, 1.82) is 0 Å². The summed E-state index contributed by atoms with van der Waals surface area (Å²) >= 11 is 0. The molecule has 0 aliphatic heterocycles. The maximum atomic E-state index is 12.8. The van der Waals surface area contributed by atoms with Crippen molar-refractivity contribution in [2.45, 2.75) is 99.4 Å². The van der Waals surface area contributed by atoms with Crippen molar-refractivity contribution in [1.82, 2.24) is 4.90 Å². The van der Waals surface area contributed by atoms with Crippen LogP contribution in [0, 0.1) is 35.5 Å². The number of aliphatic hydroxyl groups is 1. The molecule has 0 bridgehead atoms. The molecule has 0 fully saturated rings. The van der Waals surface area contributed by atoms with Crippen molar-refractivity contribution in [2.24, 2.45) is 35.5 Å². The van der Waals surface area contributed by atoms with E-state index in [1.807, 2.05) is 40.7 Å². The van der Waals surface area contributed by atoms with E-state index in [1.54, 1.807) is 20.4 Å². The summed E-state index contributed by atoms with van der Waals surface area (Å²) in [5.41, 5.74) is 0. The van der Waals surface area contributed by atoms with E-state index in [0.717, 1.165) is 12.8 Å². The number of ether oxygens (including phenoxy) is 3. The number of methoxy groups -OCH3 is 1. The largest absolute Gasteiger partial charge is 0.462 e. The summed E-state index contributed by atoms with van der Waals surface area (Å²) in [4.78, 5) is 37.2. The van der Waals surface area contributed by atoms with Crippen LogP contribution in [0.3, 0.4) is 0 Å².